The Labute approximate surface area is 116 Å². The zero-order chi connectivity index (χ0) is 13.8. The van der Waals surface area contributed by atoms with Crippen molar-refractivity contribution < 1.29 is 13.9 Å². The highest BCUT2D eigenvalue weighted by Gasteiger charge is 2.28. The Hall–Kier alpha value is -1.17. The number of carbonyl (C=O) groups is 1. The Morgan fingerprint density at radius 2 is 2.42 bits per heavy atom. The van der Waals surface area contributed by atoms with Crippen molar-refractivity contribution in [2.45, 2.75) is 25.1 Å². The van der Waals surface area contributed by atoms with Crippen LogP contribution in [0, 0.1) is 5.82 Å². The summed E-state index contributed by atoms with van der Waals surface area (Å²) in [5.41, 5.74) is 0.765. The van der Waals surface area contributed by atoms with Crippen molar-refractivity contribution in [1.82, 2.24) is 10.6 Å². The summed E-state index contributed by atoms with van der Waals surface area (Å²) in [7, 11) is 1.63. The predicted molar refractivity (Wildman–Crippen MR) is 70.5 cm³/mol. The highest BCUT2D eigenvalue weighted by molar-refractivity contribution is 6.30. The molecule has 6 heteroatoms. The number of methoxy groups -OCH3 is 1. The van der Waals surface area contributed by atoms with Crippen LogP contribution in [0.3, 0.4) is 0 Å². The normalized spacial score (nSPS) is 22.5. The fourth-order valence-corrected chi connectivity index (χ4v) is 2.25. The zero-order valence-electron chi connectivity index (χ0n) is 10.6. The van der Waals surface area contributed by atoms with Crippen LogP contribution in [0.2, 0.25) is 5.02 Å². The van der Waals surface area contributed by atoms with Gasteiger partial charge in [0.05, 0.1) is 17.2 Å². The van der Waals surface area contributed by atoms with Gasteiger partial charge in [-0.3, -0.25) is 4.79 Å². The summed E-state index contributed by atoms with van der Waals surface area (Å²) >= 11 is 5.68. The first-order valence-corrected chi connectivity index (χ1v) is 6.45. The van der Waals surface area contributed by atoms with E-state index >= 15 is 0 Å². The van der Waals surface area contributed by atoms with E-state index in [0.717, 1.165) is 5.56 Å². The van der Waals surface area contributed by atoms with Gasteiger partial charge >= 0.3 is 0 Å². The monoisotopic (exact) mass is 286 g/mol. The summed E-state index contributed by atoms with van der Waals surface area (Å²) in [5.74, 6) is -0.544. The van der Waals surface area contributed by atoms with Gasteiger partial charge in [-0.15, -0.1) is 0 Å². The Morgan fingerprint density at radius 1 is 1.63 bits per heavy atom. The third kappa shape index (κ3) is 3.65. The number of halogens is 2. The van der Waals surface area contributed by atoms with E-state index in [-0.39, 0.29) is 23.1 Å². The maximum absolute atomic E-state index is 13.0. The van der Waals surface area contributed by atoms with Gasteiger partial charge in [-0.1, -0.05) is 17.7 Å². The van der Waals surface area contributed by atoms with Crippen molar-refractivity contribution in [2.75, 3.05) is 13.7 Å². The number of amides is 1. The minimum Gasteiger partial charge on any atom is -0.380 e. The molecule has 2 unspecified atom stereocenters. The second kappa shape index (κ2) is 6.32. The molecule has 0 aliphatic carbocycles. The maximum Gasteiger partial charge on any atom is 0.237 e. The molecule has 1 aromatic carbocycles. The van der Waals surface area contributed by atoms with Crippen molar-refractivity contribution in [1.29, 1.82) is 0 Å². The molecule has 1 aromatic rings. The van der Waals surface area contributed by atoms with E-state index in [4.69, 9.17) is 16.3 Å². The van der Waals surface area contributed by atoms with Gasteiger partial charge in [0.1, 0.15) is 5.82 Å². The SMILES string of the molecule is COC1CNC(C(=O)NCc2ccc(F)c(Cl)c2)C1. The van der Waals surface area contributed by atoms with Gasteiger partial charge in [-0.25, -0.2) is 4.39 Å². The maximum atomic E-state index is 13.0. The number of carbonyl (C=O) groups excluding carboxylic acids is 1. The molecule has 19 heavy (non-hydrogen) atoms. The summed E-state index contributed by atoms with van der Waals surface area (Å²) < 4.78 is 18.2. The molecule has 4 nitrogen and oxygen atoms in total. The van der Waals surface area contributed by atoms with Gasteiger partial charge in [0.2, 0.25) is 5.91 Å². The van der Waals surface area contributed by atoms with Gasteiger partial charge in [0.25, 0.3) is 0 Å². The summed E-state index contributed by atoms with van der Waals surface area (Å²) in [6, 6.07) is 4.16. The van der Waals surface area contributed by atoms with Crippen LogP contribution in [-0.2, 0) is 16.1 Å². The average Bonchev–Trinajstić information content (AvgIpc) is 2.88. The van der Waals surface area contributed by atoms with Gasteiger partial charge < -0.3 is 15.4 Å². The highest BCUT2D eigenvalue weighted by atomic mass is 35.5. The molecule has 1 aliphatic rings. The van der Waals surface area contributed by atoms with Crippen LogP contribution in [0.1, 0.15) is 12.0 Å². The van der Waals surface area contributed by atoms with Crippen LogP contribution in [-0.4, -0.2) is 31.7 Å². The molecule has 0 radical (unpaired) electrons. The average molecular weight is 287 g/mol. The van der Waals surface area contributed by atoms with Crippen LogP contribution >= 0.6 is 11.6 Å². The topological polar surface area (TPSA) is 50.4 Å². The zero-order valence-corrected chi connectivity index (χ0v) is 11.3. The first-order valence-electron chi connectivity index (χ1n) is 6.08. The molecule has 1 saturated heterocycles. The van der Waals surface area contributed by atoms with Crippen LogP contribution in [0.4, 0.5) is 4.39 Å². The lowest BCUT2D eigenvalue weighted by Gasteiger charge is -2.11. The van der Waals surface area contributed by atoms with E-state index < -0.39 is 5.82 Å². The van der Waals surface area contributed by atoms with E-state index in [1.807, 2.05) is 0 Å². The Bertz CT molecular complexity index is 470. The van der Waals surface area contributed by atoms with Gasteiger partial charge in [0, 0.05) is 20.2 Å². The van der Waals surface area contributed by atoms with Crippen LogP contribution in [0.15, 0.2) is 18.2 Å². The van der Waals surface area contributed by atoms with Crippen molar-refractivity contribution in [3.63, 3.8) is 0 Å². The van der Waals surface area contributed by atoms with Crippen molar-refractivity contribution >= 4 is 17.5 Å². The molecule has 0 bridgehead atoms. The van der Waals surface area contributed by atoms with Crippen LogP contribution in [0.25, 0.3) is 0 Å². The third-order valence-electron chi connectivity index (χ3n) is 3.19. The van der Waals surface area contributed by atoms with E-state index in [0.29, 0.717) is 19.5 Å². The quantitative estimate of drug-likeness (QED) is 0.881. The number of ether oxygens (including phenoxy) is 1. The summed E-state index contributed by atoms with van der Waals surface area (Å²) in [5, 5.41) is 5.95. The Morgan fingerprint density at radius 3 is 3.05 bits per heavy atom. The predicted octanol–water partition coefficient (Wildman–Crippen LogP) is 1.47. The van der Waals surface area contributed by atoms with Gasteiger partial charge in [-0.2, -0.15) is 0 Å². The van der Waals surface area contributed by atoms with E-state index in [1.165, 1.54) is 12.1 Å². The molecule has 0 spiro atoms. The lowest BCUT2D eigenvalue weighted by molar-refractivity contribution is -0.123. The first-order chi connectivity index (χ1) is 9.10. The number of nitrogens with one attached hydrogen (secondary N) is 2. The first kappa shape index (κ1) is 14.2. The second-order valence-corrected chi connectivity index (χ2v) is 4.93. The highest BCUT2D eigenvalue weighted by Crippen LogP contribution is 2.16. The molecule has 1 aliphatic heterocycles. The number of hydrogen-bond donors (Lipinski definition) is 2. The largest absolute Gasteiger partial charge is 0.380 e. The standard InChI is InChI=1S/C13H16ClFN2O2/c1-19-9-5-12(16-7-9)13(18)17-6-8-2-3-11(15)10(14)4-8/h2-4,9,12,16H,5-7H2,1H3,(H,17,18). The third-order valence-corrected chi connectivity index (χ3v) is 3.48. The van der Waals surface area contributed by atoms with E-state index in [1.54, 1.807) is 13.2 Å². The minimum absolute atomic E-state index is 0.0604. The summed E-state index contributed by atoms with van der Waals surface area (Å²) in [6.45, 7) is 1.01. The molecule has 1 heterocycles. The fourth-order valence-electron chi connectivity index (χ4n) is 2.04. The molecule has 2 N–H and O–H groups in total. The number of benzene rings is 1. The van der Waals surface area contributed by atoms with Crippen molar-refractivity contribution in [3.8, 4) is 0 Å². The van der Waals surface area contributed by atoms with Crippen molar-refractivity contribution in [2.24, 2.45) is 0 Å². The number of hydrogen-bond acceptors (Lipinski definition) is 3. The molecule has 2 rings (SSSR count). The number of rotatable bonds is 4. The lowest BCUT2D eigenvalue weighted by Crippen LogP contribution is -2.40. The van der Waals surface area contributed by atoms with Crippen molar-refractivity contribution in [3.05, 3.63) is 34.6 Å². The minimum atomic E-state index is -0.461. The molecular weight excluding hydrogens is 271 g/mol. The molecule has 104 valence electrons. The smallest absolute Gasteiger partial charge is 0.237 e. The second-order valence-electron chi connectivity index (χ2n) is 4.52. The van der Waals surface area contributed by atoms with E-state index in [2.05, 4.69) is 10.6 Å². The van der Waals surface area contributed by atoms with Crippen LogP contribution < -0.4 is 10.6 Å². The lowest BCUT2D eigenvalue weighted by atomic mass is 10.1. The van der Waals surface area contributed by atoms with Gasteiger partial charge in [-0.05, 0) is 24.1 Å². The van der Waals surface area contributed by atoms with Crippen LogP contribution in [0.5, 0.6) is 0 Å². The molecule has 0 aromatic heterocycles. The molecular formula is C13H16ClFN2O2. The molecule has 1 fully saturated rings. The van der Waals surface area contributed by atoms with Gasteiger partial charge in [0.15, 0.2) is 0 Å². The Balaban J connectivity index is 1.85. The molecule has 0 saturated carbocycles. The van der Waals surface area contributed by atoms with E-state index in [9.17, 15) is 9.18 Å². The molecule has 1 amide bonds. The molecule has 2 atom stereocenters. The summed E-state index contributed by atoms with van der Waals surface area (Å²) in [4.78, 5) is 11.9. The fraction of sp³-hybridized carbons (Fsp3) is 0.462. The summed E-state index contributed by atoms with van der Waals surface area (Å²) in [6.07, 6.45) is 0.739. The Kier molecular flexibility index (Phi) is 4.74.